The number of nitrogens with one attached hydrogen (secondary N) is 1. The van der Waals surface area contributed by atoms with Crippen LogP contribution in [0, 0.1) is 0 Å². The summed E-state index contributed by atoms with van der Waals surface area (Å²) in [7, 11) is 0. The molecule has 0 radical (unpaired) electrons. The van der Waals surface area contributed by atoms with Crippen LogP contribution >= 0.6 is 0 Å². The number of hydrogen-bond donors (Lipinski definition) is 1. The second kappa shape index (κ2) is 4.93. The van der Waals surface area contributed by atoms with Gasteiger partial charge in [0.05, 0.1) is 5.69 Å². The molecule has 4 nitrogen and oxygen atoms in total. The lowest BCUT2D eigenvalue weighted by molar-refractivity contribution is -0.214. The lowest BCUT2D eigenvalue weighted by Crippen LogP contribution is -2.22. The van der Waals surface area contributed by atoms with Crippen LogP contribution < -0.4 is 10.5 Å². The predicted octanol–water partition coefficient (Wildman–Crippen LogP) is 0.703. The zero-order chi connectivity index (χ0) is 11.2. The van der Waals surface area contributed by atoms with E-state index >= 15 is 0 Å². The third-order valence-electron chi connectivity index (χ3n) is 1.97. The first-order chi connectivity index (χ1) is 7.86. The minimum atomic E-state index is -0.386. The van der Waals surface area contributed by atoms with E-state index in [-0.39, 0.29) is 5.90 Å². The Bertz CT molecular complexity index is 458. The summed E-state index contributed by atoms with van der Waals surface area (Å²) in [5.41, 5.74) is 3.89. The smallest absolute Gasteiger partial charge is 0.0755 e. The molecular formula is C12H10N3O-. The van der Waals surface area contributed by atoms with Crippen LogP contribution in [0.4, 0.5) is 0 Å². The molecule has 4 heteroatoms. The highest BCUT2D eigenvalue weighted by Gasteiger charge is 1.91. The van der Waals surface area contributed by atoms with E-state index in [4.69, 9.17) is 0 Å². The summed E-state index contributed by atoms with van der Waals surface area (Å²) >= 11 is 0. The SMILES string of the molecule is [O-]C(=NNC=C1C=CC=C1)c1ccccn1. The van der Waals surface area contributed by atoms with E-state index in [0.717, 1.165) is 5.57 Å². The van der Waals surface area contributed by atoms with Gasteiger partial charge in [0, 0.05) is 18.3 Å². The van der Waals surface area contributed by atoms with E-state index in [1.54, 1.807) is 30.6 Å². The third-order valence-corrected chi connectivity index (χ3v) is 1.97. The van der Waals surface area contributed by atoms with Gasteiger partial charge in [0.25, 0.3) is 0 Å². The summed E-state index contributed by atoms with van der Waals surface area (Å²) in [5, 5.41) is 15.1. The molecule has 1 aromatic rings. The van der Waals surface area contributed by atoms with Crippen LogP contribution in [0.1, 0.15) is 5.69 Å². The second-order valence-corrected chi connectivity index (χ2v) is 3.12. The molecule has 0 unspecified atom stereocenters. The molecular weight excluding hydrogens is 202 g/mol. The van der Waals surface area contributed by atoms with Crippen LogP contribution in [-0.4, -0.2) is 10.9 Å². The monoisotopic (exact) mass is 212 g/mol. The molecule has 1 N–H and O–H groups in total. The van der Waals surface area contributed by atoms with E-state index in [2.05, 4.69) is 15.5 Å². The van der Waals surface area contributed by atoms with Crippen molar-refractivity contribution in [2.24, 2.45) is 5.10 Å². The van der Waals surface area contributed by atoms with Crippen molar-refractivity contribution < 1.29 is 5.11 Å². The summed E-state index contributed by atoms with van der Waals surface area (Å²) in [4.78, 5) is 3.90. The van der Waals surface area contributed by atoms with E-state index in [0.29, 0.717) is 5.69 Å². The van der Waals surface area contributed by atoms with Crippen molar-refractivity contribution in [1.82, 2.24) is 10.4 Å². The molecule has 0 aliphatic heterocycles. The Morgan fingerprint density at radius 2 is 2.12 bits per heavy atom. The highest BCUT2D eigenvalue weighted by atomic mass is 16.3. The fourth-order valence-corrected chi connectivity index (χ4v) is 1.20. The first-order valence-electron chi connectivity index (χ1n) is 4.83. The molecule has 2 rings (SSSR count). The van der Waals surface area contributed by atoms with Crippen molar-refractivity contribution in [2.75, 3.05) is 0 Å². The number of hydrazone groups is 1. The molecule has 1 aliphatic carbocycles. The van der Waals surface area contributed by atoms with Crippen LogP contribution in [0.5, 0.6) is 0 Å². The van der Waals surface area contributed by atoms with Crippen LogP contribution in [0.25, 0.3) is 0 Å². The Kier molecular flexibility index (Phi) is 3.13. The summed E-state index contributed by atoms with van der Waals surface area (Å²) in [6, 6.07) is 5.12. The molecule has 0 atom stereocenters. The Hall–Kier alpha value is -2.36. The van der Waals surface area contributed by atoms with Crippen molar-refractivity contribution >= 4 is 5.90 Å². The maximum atomic E-state index is 11.5. The molecule has 1 aromatic heterocycles. The Morgan fingerprint density at radius 1 is 1.31 bits per heavy atom. The molecule has 1 aliphatic rings. The number of pyridine rings is 1. The molecule has 0 spiro atoms. The van der Waals surface area contributed by atoms with Gasteiger partial charge in [0.2, 0.25) is 0 Å². The summed E-state index contributed by atoms with van der Waals surface area (Å²) < 4.78 is 0. The average molecular weight is 212 g/mol. The minimum absolute atomic E-state index is 0.325. The summed E-state index contributed by atoms with van der Waals surface area (Å²) in [5.74, 6) is -0.386. The van der Waals surface area contributed by atoms with E-state index in [1.807, 2.05) is 24.3 Å². The Labute approximate surface area is 93.3 Å². The fraction of sp³-hybridized carbons (Fsp3) is 0. The summed E-state index contributed by atoms with van der Waals surface area (Å²) in [6.45, 7) is 0. The van der Waals surface area contributed by atoms with Crippen LogP contribution in [0.2, 0.25) is 0 Å². The predicted molar refractivity (Wildman–Crippen MR) is 60.3 cm³/mol. The molecule has 0 amide bonds. The van der Waals surface area contributed by atoms with Crippen LogP contribution in [-0.2, 0) is 0 Å². The molecule has 80 valence electrons. The van der Waals surface area contributed by atoms with Gasteiger partial charge in [0.1, 0.15) is 0 Å². The molecule has 0 saturated heterocycles. The average Bonchev–Trinajstić information content (AvgIpc) is 2.83. The van der Waals surface area contributed by atoms with E-state index < -0.39 is 0 Å². The van der Waals surface area contributed by atoms with E-state index in [9.17, 15) is 5.11 Å². The van der Waals surface area contributed by atoms with Gasteiger partial charge in [-0.15, -0.1) is 0 Å². The van der Waals surface area contributed by atoms with Crippen molar-refractivity contribution in [3.63, 3.8) is 0 Å². The second-order valence-electron chi connectivity index (χ2n) is 3.12. The fourth-order valence-electron chi connectivity index (χ4n) is 1.20. The number of aromatic nitrogens is 1. The van der Waals surface area contributed by atoms with E-state index in [1.165, 1.54) is 0 Å². The molecule has 16 heavy (non-hydrogen) atoms. The van der Waals surface area contributed by atoms with Gasteiger partial charge in [-0.2, -0.15) is 5.10 Å². The molecule has 1 heterocycles. The van der Waals surface area contributed by atoms with Gasteiger partial charge < -0.3 is 5.11 Å². The Morgan fingerprint density at radius 3 is 2.81 bits per heavy atom. The van der Waals surface area contributed by atoms with Crippen LogP contribution in [0.3, 0.4) is 0 Å². The molecule has 0 saturated carbocycles. The van der Waals surface area contributed by atoms with Gasteiger partial charge in [-0.25, -0.2) is 0 Å². The van der Waals surface area contributed by atoms with Crippen molar-refractivity contribution in [1.29, 1.82) is 0 Å². The number of allylic oxidation sites excluding steroid dienone is 5. The van der Waals surface area contributed by atoms with Gasteiger partial charge >= 0.3 is 0 Å². The highest BCUT2D eigenvalue weighted by Crippen LogP contribution is 2.04. The topological polar surface area (TPSA) is 60.3 Å². The first kappa shape index (κ1) is 10.2. The normalized spacial score (nSPS) is 14.2. The van der Waals surface area contributed by atoms with Gasteiger partial charge in [-0.3, -0.25) is 10.4 Å². The van der Waals surface area contributed by atoms with Crippen molar-refractivity contribution in [3.8, 4) is 0 Å². The molecule has 0 bridgehead atoms. The number of nitrogens with zero attached hydrogens (tertiary/aromatic N) is 2. The maximum absolute atomic E-state index is 11.5. The van der Waals surface area contributed by atoms with Crippen molar-refractivity contribution in [2.45, 2.75) is 0 Å². The summed E-state index contributed by atoms with van der Waals surface area (Å²) in [6.07, 6.45) is 10.9. The molecule has 0 aromatic carbocycles. The van der Waals surface area contributed by atoms with Gasteiger partial charge in [-0.1, -0.05) is 30.4 Å². The van der Waals surface area contributed by atoms with Gasteiger partial charge in [-0.05, 0) is 17.7 Å². The lowest BCUT2D eigenvalue weighted by atomic mass is 10.3. The maximum Gasteiger partial charge on any atom is 0.0755 e. The van der Waals surface area contributed by atoms with Crippen molar-refractivity contribution in [3.05, 3.63) is 66.2 Å². The van der Waals surface area contributed by atoms with Gasteiger partial charge in [0.15, 0.2) is 0 Å². The minimum Gasteiger partial charge on any atom is -0.856 e. The molecule has 0 fully saturated rings. The highest BCUT2D eigenvalue weighted by molar-refractivity contribution is 5.88. The largest absolute Gasteiger partial charge is 0.856 e. The zero-order valence-electron chi connectivity index (χ0n) is 8.50. The number of hydrogen-bond acceptors (Lipinski definition) is 4. The van der Waals surface area contributed by atoms with Crippen LogP contribution in [0.15, 0.2) is 65.6 Å². The number of rotatable bonds is 3. The Balaban J connectivity index is 2.00. The zero-order valence-corrected chi connectivity index (χ0v) is 8.50. The third kappa shape index (κ3) is 2.57. The quantitative estimate of drug-likeness (QED) is 0.456. The standard InChI is InChI=1S/C12H11N3O/c16-12(11-7-3-4-8-13-11)15-14-9-10-5-1-2-6-10/h1-9,14H,(H,15,16)/p-1. The first-order valence-corrected chi connectivity index (χ1v) is 4.83. The lowest BCUT2D eigenvalue weighted by Gasteiger charge is -2.08.